The largest absolute Gasteiger partial charge is 0.494 e. The van der Waals surface area contributed by atoms with E-state index in [1.54, 1.807) is 0 Å². The summed E-state index contributed by atoms with van der Waals surface area (Å²) < 4.78 is 12.5. The van der Waals surface area contributed by atoms with Gasteiger partial charge in [-0.25, -0.2) is 4.98 Å². The first kappa shape index (κ1) is 21.3. The number of nitro groups is 1. The molecule has 0 unspecified atom stereocenters. The molecule has 0 fully saturated rings. The van der Waals surface area contributed by atoms with Crippen molar-refractivity contribution < 1.29 is 19.2 Å². The first-order valence-corrected chi connectivity index (χ1v) is 10.7. The van der Waals surface area contributed by atoms with Gasteiger partial charge in [-0.15, -0.1) is 11.3 Å². The number of fused-ring (bicyclic) bond motifs is 1. The number of non-ortho nitro benzene ring substituents is 1. The van der Waals surface area contributed by atoms with Gasteiger partial charge in [0, 0.05) is 28.9 Å². The van der Waals surface area contributed by atoms with Gasteiger partial charge in [0.15, 0.2) is 4.96 Å². The highest BCUT2D eigenvalue weighted by Crippen LogP contribution is 2.30. The van der Waals surface area contributed by atoms with Gasteiger partial charge < -0.3 is 14.8 Å². The minimum absolute atomic E-state index is 0.110. The number of thiazole rings is 1. The smallest absolute Gasteiger partial charge is 0.273 e. The van der Waals surface area contributed by atoms with E-state index < -0.39 is 4.92 Å². The van der Waals surface area contributed by atoms with Crippen molar-refractivity contribution in [3.8, 4) is 22.8 Å². The van der Waals surface area contributed by atoms with Crippen molar-refractivity contribution in [1.82, 2.24) is 9.38 Å². The molecule has 0 atom stereocenters. The van der Waals surface area contributed by atoms with Crippen LogP contribution in [0, 0.1) is 10.1 Å². The van der Waals surface area contributed by atoms with E-state index in [0.717, 1.165) is 27.7 Å². The van der Waals surface area contributed by atoms with Crippen molar-refractivity contribution >= 4 is 33.6 Å². The van der Waals surface area contributed by atoms with E-state index in [9.17, 15) is 14.9 Å². The first-order chi connectivity index (χ1) is 15.5. The third-order valence-corrected chi connectivity index (χ3v) is 5.64. The summed E-state index contributed by atoms with van der Waals surface area (Å²) in [5.74, 6) is 0.757. The predicted octanol–water partition coefficient (Wildman–Crippen LogP) is 4.56. The number of aromatic nitrogens is 2. The lowest BCUT2D eigenvalue weighted by molar-refractivity contribution is -0.384. The van der Waals surface area contributed by atoms with E-state index in [0.29, 0.717) is 12.3 Å². The van der Waals surface area contributed by atoms with Crippen molar-refractivity contribution in [3.63, 3.8) is 0 Å². The minimum atomic E-state index is -0.517. The summed E-state index contributed by atoms with van der Waals surface area (Å²) in [6, 6.07) is 11.8. The zero-order valence-electron chi connectivity index (χ0n) is 17.4. The summed E-state index contributed by atoms with van der Waals surface area (Å²) in [5, 5.41) is 15.6. The van der Waals surface area contributed by atoms with E-state index in [-0.39, 0.29) is 23.8 Å². The fourth-order valence-electron chi connectivity index (χ4n) is 3.24. The lowest BCUT2D eigenvalue weighted by Crippen LogP contribution is -2.16. The van der Waals surface area contributed by atoms with E-state index in [2.05, 4.69) is 10.3 Å². The Hall–Kier alpha value is -3.92. The molecule has 4 rings (SSSR count). The Kier molecular flexibility index (Phi) is 6.04. The molecule has 10 heteroatoms. The van der Waals surface area contributed by atoms with E-state index in [4.69, 9.17) is 9.47 Å². The van der Waals surface area contributed by atoms with Gasteiger partial charge >= 0.3 is 0 Å². The molecule has 2 aromatic heterocycles. The lowest BCUT2D eigenvalue weighted by Gasteiger charge is -2.09. The monoisotopic (exact) mass is 452 g/mol. The van der Waals surface area contributed by atoms with Crippen LogP contribution in [0.25, 0.3) is 16.2 Å². The summed E-state index contributed by atoms with van der Waals surface area (Å²) in [7, 11) is 1.39. The molecule has 2 aromatic carbocycles. The van der Waals surface area contributed by atoms with Crippen LogP contribution in [-0.2, 0) is 11.2 Å². The third kappa shape index (κ3) is 4.40. The number of imidazole rings is 1. The van der Waals surface area contributed by atoms with Gasteiger partial charge in [0.05, 0.1) is 42.5 Å². The Morgan fingerprint density at radius 2 is 2.03 bits per heavy atom. The fraction of sp³-hybridized carbons (Fsp3) is 0.182. The van der Waals surface area contributed by atoms with Gasteiger partial charge in [-0.2, -0.15) is 0 Å². The maximum atomic E-state index is 12.6. The van der Waals surface area contributed by atoms with Crippen LogP contribution in [0.4, 0.5) is 11.4 Å². The normalized spacial score (nSPS) is 10.8. The SMILES string of the molecule is CCOc1ccc(-c2cn3c(CC(=O)Nc4ccc([N+](=O)[O-])cc4OC)csc3n2)cc1. The average Bonchev–Trinajstić information content (AvgIpc) is 3.36. The van der Waals surface area contributed by atoms with Crippen LogP contribution in [0.3, 0.4) is 0 Å². The second-order valence-corrected chi connectivity index (χ2v) is 7.67. The van der Waals surface area contributed by atoms with Gasteiger partial charge in [0.1, 0.15) is 11.5 Å². The molecular formula is C22H20N4O5S. The van der Waals surface area contributed by atoms with Crippen molar-refractivity contribution in [2.75, 3.05) is 19.0 Å². The van der Waals surface area contributed by atoms with Gasteiger partial charge in [-0.3, -0.25) is 19.3 Å². The van der Waals surface area contributed by atoms with Crippen LogP contribution in [-0.4, -0.2) is 33.9 Å². The number of anilines is 1. The van der Waals surface area contributed by atoms with Crippen molar-refractivity contribution in [1.29, 1.82) is 0 Å². The third-order valence-electron chi connectivity index (χ3n) is 4.76. The van der Waals surface area contributed by atoms with Crippen molar-refractivity contribution in [2.45, 2.75) is 13.3 Å². The van der Waals surface area contributed by atoms with Crippen LogP contribution >= 0.6 is 11.3 Å². The second-order valence-electron chi connectivity index (χ2n) is 6.83. The fourth-order valence-corrected chi connectivity index (χ4v) is 4.11. The Bertz CT molecular complexity index is 1280. The van der Waals surface area contributed by atoms with Crippen LogP contribution in [0.5, 0.6) is 11.5 Å². The summed E-state index contributed by atoms with van der Waals surface area (Å²) >= 11 is 1.45. The number of benzene rings is 2. The number of nitrogens with zero attached hydrogens (tertiary/aromatic N) is 3. The average molecular weight is 452 g/mol. The first-order valence-electron chi connectivity index (χ1n) is 9.79. The van der Waals surface area contributed by atoms with Crippen LogP contribution in [0.15, 0.2) is 54.0 Å². The molecule has 0 saturated carbocycles. The molecule has 1 amide bonds. The van der Waals surface area contributed by atoms with Crippen LogP contribution < -0.4 is 14.8 Å². The van der Waals surface area contributed by atoms with Crippen LogP contribution in [0.2, 0.25) is 0 Å². The maximum Gasteiger partial charge on any atom is 0.273 e. The molecule has 9 nitrogen and oxygen atoms in total. The summed E-state index contributed by atoms with van der Waals surface area (Å²) in [5.41, 5.74) is 2.80. The Morgan fingerprint density at radius 1 is 1.25 bits per heavy atom. The maximum absolute atomic E-state index is 12.6. The topological polar surface area (TPSA) is 108 Å². The highest BCUT2D eigenvalue weighted by Gasteiger charge is 2.16. The zero-order valence-corrected chi connectivity index (χ0v) is 18.2. The minimum Gasteiger partial charge on any atom is -0.494 e. The zero-order chi connectivity index (χ0) is 22.7. The summed E-state index contributed by atoms with van der Waals surface area (Å²) in [6.07, 6.45) is 2.01. The standard InChI is InChI=1S/C22H20N4O5S/c1-3-31-17-7-4-14(5-8-17)19-12-25-16(13-32-22(25)24-19)11-21(27)23-18-9-6-15(26(28)29)10-20(18)30-2/h4-10,12-13H,3,11H2,1-2H3,(H,23,27). The molecule has 32 heavy (non-hydrogen) atoms. The molecule has 0 aliphatic carbocycles. The van der Waals surface area contributed by atoms with E-state index >= 15 is 0 Å². The number of rotatable bonds is 8. The second kappa shape index (κ2) is 9.06. The quantitative estimate of drug-likeness (QED) is 0.310. The van der Waals surface area contributed by atoms with E-state index in [1.807, 2.05) is 47.2 Å². The number of nitrogens with one attached hydrogen (secondary N) is 1. The molecule has 2 heterocycles. The molecule has 0 radical (unpaired) electrons. The van der Waals surface area contributed by atoms with Gasteiger partial charge in [-0.05, 0) is 37.3 Å². The number of nitro benzene ring substituents is 1. The Balaban J connectivity index is 1.51. The van der Waals surface area contributed by atoms with Gasteiger partial charge in [0.25, 0.3) is 5.69 Å². The molecule has 1 N–H and O–H groups in total. The molecule has 4 aromatic rings. The molecule has 0 saturated heterocycles. The summed E-state index contributed by atoms with van der Waals surface area (Å²) in [6.45, 7) is 2.55. The number of carbonyl (C=O) groups excluding carboxylic acids is 1. The van der Waals surface area contributed by atoms with Gasteiger partial charge in [-0.1, -0.05) is 0 Å². The molecule has 164 valence electrons. The number of methoxy groups -OCH3 is 1. The highest BCUT2D eigenvalue weighted by atomic mass is 32.1. The van der Waals surface area contributed by atoms with E-state index in [1.165, 1.54) is 36.6 Å². The Morgan fingerprint density at radius 3 is 2.72 bits per heavy atom. The number of ether oxygens (including phenoxy) is 2. The number of hydrogen-bond donors (Lipinski definition) is 1. The highest BCUT2D eigenvalue weighted by molar-refractivity contribution is 7.15. The number of hydrogen-bond acceptors (Lipinski definition) is 7. The number of carbonyl (C=O) groups is 1. The summed E-state index contributed by atoms with van der Waals surface area (Å²) in [4.78, 5) is 28.5. The van der Waals surface area contributed by atoms with Crippen LogP contribution in [0.1, 0.15) is 12.6 Å². The Labute approximate surface area is 187 Å². The predicted molar refractivity (Wildman–Crippen MR) is 122 cm³/mol. The molecular weight excluding hydrogens is 432 g/mol. The van der Waals surface area contributed by atoms with Gasteiger partial charge in [0.2, 0.25) is 5.91 Å². The molecule has 0 bridgehead atoms. The molecule has 0 spiro atoms. The van der Waals surface area contributed by atoms with Crippen molar-refractivity contribution in [3.05, 3.63) is 69.8 Å². The van der Waals surface area contributed by atoms with Crippen molar-refractivity contribution in [2.24, 2.45) is 0 Å². The molecule has 0 aliphatic heterocycles. The number of amides is 1. The lowest BCUT2D eigenvalue weighted by atomic mass is 10.1. The molecule has 0 aliphatic rings.